The maximum Gasteiger partial charge on any atom is 0.340 e. The number of para-hydroxylation sites is 2. The van der Waals surface area contributed by atoms with E-state index in [9.17, 15) is 38.4 Å². The number of hydrogen-bond acceptors (Lipinski definition) is 14. The second-order valence-electron chi connectivity index (χ2n) is 18.5. The number of methoxy groups -OCH3 is 2. The van der Waals surface area contributed by atoms with Crippen molar-refractivity contribution >= 4 is 116 Å². The third-order valence-electron chi connectivity index (χ3n) is 13.1. The van der Waals surface area contributed by atoms with Crippen molar-refractivity contribution in [1.29, 1.82) is 0 Å². The Morgan fingerprint density at radius 1 is 0.524 bits per heavy atom. The SMILES string of the molecule is COC(=O)c1cccc2c1nc(C(=O)Nc1ccc(C(=O)N3CCCC3)cc1F)n2CC(=O)Nc1ccc(Cl)cn1.COC(=O)c1cccc2c1nc(C(=O)Nc1ccc(C(=O)N3CCCC3)cc1F)n2CC(=O)Nc1ccc(Cl)cn1. The van der Waals surface area contributed by atoms with Crippen LogP contribution in [0.15, 0.2) is 109 Å². The Hall–Kier alpha value is -9.68. The number of fused-ring (bicyclic) bond motifs is 2. The van der Waals surface area contributed by atoms with Gasteiger partial charge in [-0.2, -0.15) is 0 Å². The van der Waals surface area contributed by atoms with E-state index < -0.39 is 47.2 Å². The molecule has 26 heteroatoms. The first-order valence-electron chi connectivity index (χ1n) is 25.3. The number of amides is 6. The van der Waals surface area contributed by atoms with Crippen LogP contribution in [-0.4, -0.2) is 127 Å². The smallest absolute Gasteiger partial charge is 0.340 e. The molecule has 0 bridgehead atoms. The summed E-state index contributed by atoms with van der Waals surface area (Å²) in [6.07, 6.45) is 6.32. The van der Waals surface area contributed by atoms with Crippen LogP contribution in [0.1, 0.15) is 88.4 Å². The van der Waals surface area contributed by atoms with Crippen molar-refractivity contribution in [2.24, 2.45) is 0 Å². The number of aromatic nitrogens is 6. The lowest BCUT2D eigenvalue weighted by molar-refractivity contribution is -0.117. The Morgan fingerprint density at radius 3 is 1.26 bits per heavy atom. The van der Waals surface area contributed by atoms with E-state index in [0.29, 0.717) is 47.3 Å². The summed E-state index contributed by atoms with van der Waals surface area (Å²) in [7, 11) is 2.42. The molecular formula is C56H48Cl2F2N12O10. The average Bonchev–Trinajstić information content (AvgIpc) is 4.41. The highest BCUT2D eigenvalue weighted by Gasteiger charge is 2.28. The summed E-state index contributed by atoms with van der Waals surface area (Å²) in [5.41, 5.74) is 0.956. The first kappa shape index (κ1) is 57.0. The molecule has 0 unspecified atom stereocenters. The summed E-state index contributed by atoms with van der Waals surface area (Å²) >= 11 is 11.7. The van der Waals surface area contributed by atoms with Crippen LogP contribution in [0.5, 0.6) is 0 Å². The van der Waals surface area contributed by atoms with Gasteiger partial charge in [-0.1, -0.05) is 35.3 Å². The van der Waals surface area contributed by atoms with Crippen LogP contribution in [0.4, 0.5) is 31.8 Å². The number of likely N-dealkylation sites (tertiary alicyclic amines) is 2. The zero-order valence-corrected chi connectivity index (χ0v) is 45.1. The number of nitrogens with one attached hydrogen (secondary N) is 4. The summed E-state index contributed by atoms with van der Waals surface area (Å²) in [6.45, 7) is 1.68. The molecule has 2 aliphatic rings. The normalized spacial score (nSPS) is 12.8. The maximum absolute atomic E-state index is 15.0. The van der Waals surface area contributed by atoms with Gasteiger partial charge in [0.15, 0.2) is 0 Å². The molecule has 0 radical (unpaired) electrons. The number of rotatable bonds is 14. The molecule has 8 aromatic rings. The minimum absolute atomic E-state index is 0.0773. The lowest BCUT2D eigenvalue weighted by Crippen LogP contribution is -2.27. The van der Waals surface area contributed by atoms with E-state index in [1.54, 1.807) is 46.2 Å². The number of imidazole rings is 2. The largest absolute Gasteiger partial charge is 0.465 e. The van der Waals surface area contributed by atoms with Gasteiger partial charge < -0.3 is 49.7 Å². The van der Waals surface area contributed by atoms with Crippen molar-refractivity contribution in [3.05, 3.63) is 165 Å². The number of anilines is 4. The Bertz CT molecular complexity index is 3580. The number of esters is 2. The van der Waals surface area contributed by atoms with Gasteiger partial charge in [-0.3, -0.25) is 28.8 Å². The fraction of sp³-hybridized carbons (Fsp3) is 0.214. The number of carbonyl (C=O) groups excluding carboxylic acids is 8. The van der Waals surface area contributed by atoms with Crippen LogP contribution in [0.3, 0.4) is 0 Å². The molecule has 22 nitrogen and oxygen atoms in total. The molecule has 6 heterocycles. The number of halogens is 4. The lowest BCUT2D eigenvalue weighted by Gasteiger charge is -2.16. The van der Waals surface area contributed by atoms with Gasteiger partial charge in [0.25, 0.3) is 23.6 Å². The number of hydrogen-bond donors (Lipinski definition) is 4. The van der Waals surface area contributed by atoms with Crippen LogP contribution in [0.25, 0.3) is 22.1 Å². The fourth-order valence-corrected chi connectivity index (χ4v) is 9.35. The molecule has 420 valence electrons. The quantitative estimate of drug-likeness (QED) is 0.0747. The number of carbonyl (C=O) groups is 8. The first-order valence-corrected chi connectivity index (χ1v) is 26.0. The summed E-state index contributed by atoms with van der Waals surface area (Å²) in [5.74, 6) is -6.39. The minimum atomic E-state index is -0.841. The molecule has 0 aliphatic carbocycles. The fourth-order valence-electron chi connectivity index (χ4n) is 9.12. The highest BCUT2D eigenvalue weighted by atomic mass is 35.5. The molecule has 0 saturated carbocycles. The van der Waals surface area contributed by atoms with Gasteiger partial charge in [0.1, 0.15) is 47.4 Å². The van der Waals surface area contributed by atoms with E-state index >= 15 is 8.78 Å². The maximum atomic E-state index is 15.0. The molecule has 6 amide bonds. The third kappa shape index (κ3) is 12.8. The Labute approximate surface area is 474 Å². The van der Waals surface area contributed by atoms with E-state index in [0.717, 1.165) is 37.8 Å². The highest BCUT2D eigenvalue weighted by Crippen LogP contribution is 2.27. The van der Waals surface area contributed by atoms with Gasteiger partial charge >= 0.3 is 11.9 Å². The van der Waals surface area contributed by atoms with Gasteiger partial charge in [-0.15, -0.1) is 0 Å². The Kier molecular flexibility index (Phi) is 17.5. The van der Waals surface area contributed by atoms with E-state index in [-0.39, 0.29) is 92.9 Å². The van der Waals surface area contributed by atoms with Crippen LogP contribution >= 0.6 is 23.2 Å². The molecule has 2 aliphatic heterocycles. The van der Waals surface area contributed by atoms with E-state index in [2.05, 4.69) is 41.2 Å². The zero-order valence-electron chi connectivity index (χ0n) is 43.6. The summed E-state index contributed by atoms with van der Waals surface area (Å²) < 4.78 is 42.3. The second-order valence-corrected chi connectivity index (χ2v) is 19.4. The highest BCUT2D eigenvalue weighted by molar-refractivity contribution is 6.30. The summed E-state index contributed by atoms with van der Waals surface area (Å²) in [6, 6.07) is 23.0. The number of benzene rings is 4. The Balaban J connectivity index is 0.000000198. The van der Waals surface area contributed by atoms with Crippen molar-refractivity contribution < 1.29 is 56.6 Å². The summed E-state index contributed by atoms with van der Waals surface area (Å²) in [5, 5.41) is 10.9. The van der Waals surface area contributed by atoms with Crippen LogP contribution in [-0.2, 0) is 32.2 Å². The van der Waals surface area contributed by atoms with Crippen LogP contribution < -0.4 is 21.3 Å². The van der Waals surface area contributed by atoms with Gasteiger partial charge in [0, 0.05) is 49.7 Å². The number of pyridine rings is 2. The minimum Gasteiger partial charge on any atom is -0.465 e. The van der Waals surface area contributed by atoms with Crippen molar-refractivity contribution in [2.75, 3.05) is 61.7 Å². The second kappa shape index (κ2) is 25.2. The third-order valence-corrected chi connectivity index (χ3v) is 13.5. The Morgan fingerprint density at radius 2 is 0.915 bits per heavy atom. The molecule has 4 aromatic carbocycles. The monoisotopic (exact) mass is 1160 g/mol. The van der Waals surface area contributed by atoms with Crippen LogP contribution in [0, 0.1) is 11.6 Å². The molecule has 2 saturated heterocycles. The average molecular weight is 1160 g/mol. The molecule has 2 fully saturated rings. The molecule has 0 spiro atoms. The van der Waals surface area contributed by atoms with Crippen LogP contribution in [0.2, 0.25) is 10.0 Å². The number of ether oxygens (including phenoxy) is 2. The summed E-state index contributed by atoms with van der Waals surface area (Å²) in [4.78, 5) is 123. The van der Waals surface area contributed by atoms with Gasteiger partial charge in [0.2, 0.25) is 23.5 Å². The molecule has 10 rings (SSSR count). The standard InChI is InChI=1S/2C28H24ClFN6O5/c2*1-41-28(40)18-5-4-6-21-24(18)34-25(36(21)15-23(37)33-22-10-8-17(29)14-31-22)26(38)32-20-9-7-16(13-19(20)30)27(39)35-11-2-3-12-35/h2*4-10,13-14H,2-3,11-12,15H2,1H3,(H,32,38)(H,31,33,37). The van der Waals surface area contributed by atoms with Crippen molar-refractivity contribution in [1.82, 2.24) is 38.9 Å². The van der Waals surface area contributed by atoms with E-state index in [4.69, 9.17) is 32.7 Å². The molecule has 4 N–H and O–H groups in total. The molecule has 0 atom stereocenters. The molecule has 4 aromatic heterocycles. The van der Waals surface area contributed by atoms with Crippen molar-refractivity contribution in [2.45, 2.75) is 38.8 Å². The van der Waals surface area contributed by atoms with E-state index in [1.807, 2.05) is 0 Å². The molecular weight excluding hydrogens is 1110 g/mol. The van der Waals surface area contributed by atoms with Gasteiger partial charge in [-0.05, 0) is 111 Å². The predicted molar refractivity (Wildman–Crippen MR) is 297 cm³/mol. The zero-order chi connectivity index (χ0) is 58.2. The molecule has 82 heavy (non-hydrogen) atoms. The van der Waals surface area contributed by atoms with E-state index in [1.165, 1.54) is 84.3 Å². The lowest BCUT2D eigenvalue weighted by atomic mass is 10.1. The van der Waals surface area contributed by atoms with Crippen molar-refractivity contribution in [3.63, 3.8) is 0 Å². The predicted octanol–water partition coefficient (Wildman–Crippen LogP) is 8.27. The topological polar surface area (TPSA) is 271 Å². The number of nitrogens with zero attached hydrogens (tertiary/aromatic N) is 8. The van der Waals surface area contributed by atoms with Gasteiger partial charge in [-0.25, -0.2) is 38.3 Å². The van der Waals surface area contributed by atoms with Gasteiger partial charge in [0.05, 0.1) is 57.8 Å². The van der Waals surface area contributed by atoms with Crippen molar-refractivity contribution in [3.8, 4) is 0 Å². The first-order chi connectivity index (χ1) is 39.5.